The Hall–Kier alpha value is -2.93. The van der Waals surface area contributed by atoms with E-state index in [0.29, 0.717) is 10.8 Å². The third kappa shape index (κ3) is 6.82. The van der Waals surface area contributed by atoms with Gasteiger partial charge in [0.25, 0.3) is 5.56 Å². The number of aromatic nitrogens is 2. The van der Waals surface area contributed by atoms with E-state index in [1.165, 1.54) is 19.1 Å². The number of hydrogen-bond donors (Lipinski definition) is 2. The normalized spacial score (nSPS) is 20.7. The molecule has 0 saturated carbocycles. The number of ether oxygens (including phenoxy) is 2. The lowest BCUT2D eigenvalue weighted by molar-refractivity contribution is -0.142. The van der Waals surface area contributed by atoms with Crippen molar-refractivity contribution in [3.63, 3.8) is 0 Å². The molecule has 0 bridgehead atoms. The summed E-state index contributed by atoms with van der Waals surface area (Å²) in [4.78, 5) is 37.0. The third-order valence-electron chi connectivity index (χ3n) is 4.97. The molecule has 4 atom stereocenters. The number of carbonyl (C=O) groups is 1. The van der Waals surface area contributed by atoms with Gasteiger partial charge in [0.2, 0.25) is 0 Å². The minimum absolute atomic E-state index is 0.118. The summed E-state index contributed by atoms with van der Waals surface area (Å²) in [6, 6.07) is 6.94. The van der Waals surface area contributed by atoms with E-state index in [1.54, 1.807) is 23.2 Å². The highest BCUT2D eigenvalue weighted by Gasteiger charge is 2.38. The van der Waals surface area contributed by atoms with Gasteiger partial charge in [-0.05, 0) is 31.9 Å². The number of aromatic amines is 1. The first-order valence-corrected chi connectivity index (χ1v) is 11.9. The van der Waals surface area contributed by atoms with Crippen molar-refractivity contribution >= 4 is 13.7 Å². The first-order valence-electron chi connectivity index (χ1n) is 10.3. The van der Waals surface area contributed by atoms with Crippen molar-refractivity contribution < 1.29 is 41.1 Å². The van der Waals surface area contributed by atoms with Gasteiger partial charge in [0.05, 0.1) is 19.8 Å². The lowest BCUT2D eigenvalue weighted by Gasteiger charge is -2.24. The van der Waals surface area contributed by atoms with E-state index in [9.17, 15) is 32.1 Å². The van der Waals surface area contributed by atoms with Crippen LogP contribution < -0.4 is 20.9 Å². The molecule has 1 fully saturated rings. The maximum absolute atomic E-state index is 13.3. The number of H-pyrrole nitrogens is 1. The van der Waals surface area contributed by atoms with Crippen LogP contribution in [0.5, 0.6) is 5.75 Å². The fourth-order valence-electron chi connectivity index (χ4n) is 3.27. The first-order chi connectivity index (χ1) is 16.4. The summed E-state index contributed by atoms with van der Waals surface area (Å²) in [5.74, 6) is -0.536. The molecule has 0 spiro atoms. The van der Waals surface area contributed by atoms with Crippen molar-refractivity contribution in [1.29, 1.82) is 0 Å². The fraction of sp³-hybridized carbons (Fsp3) is 0.450. The lowest BCUT2D eigenvalue weighted by atomic mass is 10.2. The first kappa shape index (κ1) is 26.7. The van der Waals surface area contributed by atoms with E-state index in [-0.39, 0.29) is 25.2 Å². The highest BCUT2D eigenvalue weighted by atomic mass is 31.2. The monoisotopic (exact) mass is 521 g/mol. The van der Waals surface area contributed by atoms with Crippen molar-refractivity contribution in [3.8, 4) is 5.75 Å². The molecule has 3 rings (SSSR count). The number of para-hydroxylation sites is 1. The Kier molecular flexibility index (Phi) is 8.21. The van der Waals surface area contributed by atoms with Gasteiger partial charge in [-0.3, -0.25) is 23.7 Å². The van der Waals surface area contributed by atoms with Gasteiger partial charge in [0.1, 0.15) is 23.6 Å². The van der Waals surface area contributed by atoms with E-state index in [1.807, 2.05) is 0 Å². The molecule has 192 valence electrons. The van der Waals surface area contributed by atoms with Crippen LogP contribution in [0.25, 0.3) is 0 Å². The second-order valence-corrected chi connectivity index (χ2v) is 9.26. The van der Waals surface area contributed by atoms with Crippen LogP contribution in [-0.2, 0) is 29.5 Å². The molecule has 11 nitrogen and oxygen atoms in total. The molecule has 2 heterocycles. The zero-order valence-corrected chi connectivity index (χ0v) is 19.5. The molecule has 1 saturated heterocycles. The molecule has 1 aromatic carbocycles. The summed E-state index contributed by atoms with van der Waals surface area (Å²) in [5.41, 5.74) is -4.16. The van der Waals surface area contributed by atoms with Gasteiger partial charge in [0.15, 0.2) is 0 Å². The van der Waals surface area contributed by atoms with Gasteiger partial charge < -0.3 is 14.0 Å². The average Bonchev–Trinajstić information content (AvgIpc) is 3.25. The third-order valence-corrected chi connectivity index (χ3v) is 6.62. The topological polar surface area (TPSA) is 138 Å². The molecular weight excluding hydrogens is 498 g/mol. The van der Waals surface area contributed by atoms with Gasteiger partial charge in [-0.1, -0.05) is 18.2 Å². The quantitative estimate of drug-likeness (QED) is 0.377. The largest absolute Gasteiger partial charge is 0.468 e. The van der Waals surface area contributed by atoms with Crippen LogP contribution in [0.15, 0.2) is 46.1 Å². The minimum Gasteiger partial charge on any atom is -0.468 e. The Morgan fingerprint density at radius 3 is 2.60 bits per heavy atom. The number of alkyl halides is 3. The number of esters is 1. The van der Waals surface area contributed by atoms with E-state index < -0.39 is 55.1 Å². The molecule has 0 radical (unpaired) electrons. The van der Waals surface area contributed by atoms with Crippen LogP contribution in [0.2, 0.25) is 0 Å². The maximum atomic E-state index is 13.3. The summed E-state index contributed by atoms with van der Waals surface area (Å²) >= 11 is 0. The van der Waals surface area contributed by atoms with Crippen LogP contribution in [0.1, 0.15) is 31.6 Å². The van der Waals surface area contributed by atoms with Crippen molar-refractivity contribution in [2.45, 2.75) is 44.3 Å². The molecule has 1 aliphatic heterocycles. The molecule has 35 heavy (non-hydrogen) atoms. The molecule has 2 aromatic rings. The van der Waals surface area contributed by atoms with Crippen molar-refractivity contribution in [3.05, 3.63) is 62.9 Å². The predicted molar refractivity (Wildman–Crippen MR) is 115 cm³/mol. The van der Waals surface area contributed by atoms with Gasteiger partial charge >= 0.3 is 25.6 Å². The highest BCUT2D eigenvalue weighted by Crippen LogP contribution is 2.45. The van der Waals surface area contributed by atoms with E-state index in [2.05, 4.69) is 9.82 Å². The molecule has 1 aliphatic rings. The summed E-state index contributed by atoms with van der Waals surface area (Å²) in [6.07, 6.45) is -6.12. The second-order valence-electron chi connectivity index (χ2n) is 7.57. The zero-order chi connectivity index (χ0) is 25.8. The van der Waals surface area contributed by atoms with Crippen molar-refractivity contribution in [2.24, 2.45) is 0 Å². The van der Waals surface area contributed by atoms with Crippen LogP contribution in [0, 0.1) is 0 Å². The fourth-order valence-corrected chi connectivity index (χ4v) is 4.79. The Bertz CT molecular complexity index is 1200. The Morgan fingerprint density at radius 2 is 1.97 bits per heavy atom. The Balaban J connectivity index is 1.72. The van der Waals surface area contributed by atoms with Gasteiger partial charge in [-0.15, -0.1) is 0 Å². The van der Waals surface area contributed by atoms with Gasteiger partial charge in [-0.25, -0.2) is 9.36 Å². The average molecular weight is 521 g/mol. The van der Waals surface area contributed by atoms with E-state index >= 15 is 0 Å². The number of benzene rings is 1. The molecule has 0 amide bonds. The summed E-state index contributed by atoms with van der Waals surface area (Å²) < 4.78 is 74.3. The number of nitrogens with one attached hydrogen (secondary N) is 2. The standard InChI is InChI=1S/C20H23F3N3O8P/c1-12(18(28)31-2)25-35(30,34-13-6-4-3-5-7-13)32-11-14-8-9-16(33-14)26-10-15(20(21,22)23)17(27)24-19(26)29/h3-7,10,12,14,16H,8-9,11H2,1-2H3,(H,25,30)(H,24,27,29)/t12-,14-,16+,35?/m0/s1. The van der Waals surface area contributed by atoms with Gasteiger partial charge in [0, 0.05) is 6.20 Å². The molecule has 15 heteroatoms. The number of nitrogens with zero attached hydrogens (tertiary/aromatic N) is 1. The number of hydrogen-bond acceptors (Lipinski definition) is 8. The van der Waals surface area contributed by atoms with Crippen LogP contribution >= 0.6 is 7.75 Å². The zero-order valence-electron chi connectivity index (χ0n) is 18.6. The SMILES string of the molecule is COC(=O)[C@H](C)NP(=O)(OC[C@@H]1CC[C@H](n2cc(C(F)(F)F)c(=O)[nH]c2=O)O1)Oc1ccccc1. The maximum Gasteiger partial charge on any atom is 0.459 e. The lowest BCUT2D eigenvalue weighted by Crippen LogP contribution is -2.37. The minimum atomic E-state index is -4.96. The number of rotatable bonds is 9. The van der Waals surface area contributed by atoms with Crippen LogP contribution in [-0.4, -0.2) is 41.4 Å². The number of carbonyl (C=O) groups excluding carboxylic acids is 1. The van der Waals surface area contributed by atoms with Crippen LogP contribution in [0.4, 0.5) is 13.2 Å². The molecule has 1 unspecified atom stereocenters. The summed E-state index contributed by atoms with van der Waals surface area (Å²) in [6.45, 7) is 1.05. The van der Waals surface area contributed by atoms with Gasteiger partial charge in [-0.2, -0.15) is 18.3 Å². The summed E-state index contributed by atoms with van der Waals surface area (Å²) in [7, 11) is -3.00. The smallest absolute Gasteiger partial charge is 0.459 e. The Labute approximate surface area is 196 Å². The summed E-state index contributed by atoms with van der Waals surface area (Å²) in [5, 5.41) is 2.46. The molecule has 2 N–H and O–H groups in total. The van der Waals surface area contributed by atoms with Crippen molar-refractivity contribution in [2.75, 3.05) is 13.7 Å². The number of methoxy groups -OCH3 is 1. The Morgan fingerprint density at radius 1 is 1.29 bits per heavy atom. The second kappa shape index (κ2) is 10.8. The van der Waals surface area contributed by atoms with E-state index in [0.717, 1.165) is 7.11 Å². The molecular formula is C20H23F3N3O8P. The number of halogens is 3. The molecule has 1 aromatic heterocycles. The molecule has 0 aliphatic carbocycles. The van der Waals surface area contributed by atoms with Crippen LogP contribution in [0.3, 0.4) is 0 Å². The van der Waals surface area contributed by atoms with Crippen molar-refractivity contribution in [1.82, 2.24) is 14.6 Å². The van der Waals surface area contributed by atoms with E-state index in [4.69, 9.17) is 13.8 Å². The highest BCUT2D eigenvalue weighted by molar-refractivity contribution is 7.52. The predicted octanol–water partition coefficient (Wildman–Crippen LogP) is 2.59.